The SMILES string of the molecule is CCOC(=O)CCN1CC(=O)N(Cc2cccc(N)c2)c2ccc(CCCCCCNC(=O)OC(C)(C)C)cc2C1=O. The molecule has 0 spiro atoms. The van der Waals surface area contributed by atoms with E-state index in [1.165, 1.54) is 4.90 Å². The van der Waals surface area contributed by atoms with Crippen LogP contribution in [-0.2, 0) is 32.0 Å². The van der Waals surface area contributed by atoms with Gasteiger partial charge < -0.3 is 30.3 Å². The van der Waals surface area contributed by atoms with Crippen molar-refractivity contribution in [2.75, 3.05) is 36.9 Å². The van der Waals surface area contributed by atoms with Crippen molar-refractivity contribution in [1.82, 2.24) is 10.2 Å². The van der Waals surface area contributed by atoms with Gasteiger partial charge in [-0.3, -0.25) is 14.4 Å². The van der Waals surface area contributed by atoms with Crippen molar-refractivity contribution in [3.05, 3.63) is 59.2 Å². The maximum absolute atomic E-state index is 13.7. The van der Waals surface area contributed by atoms with Gasteiger partial charge in [0.15, 0.2) is 0 Å². The molecule has 0 saturated heterocycles. The molecule has 0 radical (unpaired) electrons. The van der Waals surface area contributed by atoms with Crippen LogP contribution in [-0.4, -0.2) is 60.6 Å². The predicted molar refractivity (Wildman–Crippen MR) is 162 cm³/mol. The fourth-order valence-corrected chi connectivity index (χ4v) is 4.77. The van der Waals surface area contributed by atoms with Gasteiger partial charge in [-0.2, -0.15) is 0 Å². The number of anilines is 2. The monoisotopic (exact) mass is 580 g/mol. The van der Waals surface area contributed by atoms with Crippen molar-refractivity contribution >= 4 is 35.3 Å². The van der Waals surface area contributed by atoms with Gasteiger partial charge in [0.05, 0.1) is 30.8 Å². The molecule has 1 aliphatic heterocycles. The number of aryl methyl sites for hydroxylation is 1. The van der Waals surface area contributed by atoms with Crippen LogP contribution in [0.1, 0.15) is 81.3 Å². The Kier molecular flexibility index (Phi) is 11.8. The molecule has 3 rings (SSSR count). The number of benzene rings is 2. The summed E-state index contributed by atoms with van der Waals surface area (Å²) in [5.74, 6) is -0.928. The summed E-state index contributed by atoms with van der Waals surface area (Å²) in [5.41, 5.74) is 8.88. The smallest absolute Gasteiger partial charge is 0.407 e. The molecular weight excluding hydrogens is 536 g/mol. The third-order valence-electron chi connectivity index (χ3n) is 6.74. The normalized spacial score (nSPS) is 13.4. The molecule has 0 aromatic heterocycles. The van der Waals surface area contributed by atoms with Crippen LogP contribution in [0.2, 0.25) is 0 Å². The molecule has 0 fully saturated rings. The summed E-state index contributed by atoms with van der Waals surface area (Å²) >= 11 is 0. The van der Waals surface area contributed by atoms with E-state index in [2.05, 4.69) is 5.32 Å². The number of amides is 3. The number of alkyl carbamates (subject to hydrolysis) is 1. The summed E-state index contributed by atoms with van der Waals surface area (Å²) in [4.78, 5) is 53.9. The maximum Gasteiger partial charge on any atom is 0.407 e. The molecule has 1 heterocycles. The fraction of sp³-hybridized carbons (Fsp3) is 0.500. The van der Waals surface area contributed by atoms with Crippen molar-refractivity contribution in [3.8, 4) is 0 Å². The molecule has 10 heteroatoms. The van der Waals surface area contributed by atoms with Crippen molar-refractivity contribution in [2.45, 2.75) is 78.4 Å². The third-order valence-corrected chi connectivity index (χ3v) is 6.74. The molecule has 0 bridgehead atoms. The number of carbonyl (C=O) groups is 4. The Morgan fingerprint density at radius 2 is 1.76 bits per heavy atom. The molecule has 228 valence electrons. The minimum atomic E-state index is -0.517. The summed E-state index contributed by atoms with van der Waals surface area (Å²) in [6, 6.07) is 13.0. The highest BCUT2D eigenvalue weighted by Gasteiger charge is 2.32. The van der Waals surface area contributed by atoms with Crippen LogP contribution in [0, 0.1) is 0 Å². The van der Waals surface area contributed by atoms with Crippen molar-refractivity contribution in [3.63, 3.8) is 0 Å². The molecule has 42 heavy (non-hydrogen) atoms. The third kappa shape index (κ3) is 10.1. The molecule has 0 aliphatic carbocycles. The van der Waals surface area contributed by atoms with Crippen LogP contribution in [0.25, 0.3) is 0 Å². The van der Waals surface area contributed by atoms with Gasteiger partial charge in [0.1, 0.15) is 12.1 Å². The van der Waals surface area contributed by atoms with Crippen molar-refractivity contribution < 1.29 is 28.7 Å². The number of rotatable bonds is 13. The Bertz CT molecular complexity index is 1260. The van der Waals surface area contributed by atoms with E-state index in [0.717, 1.165) is 43.2 Å². The van der Waals surface area contributed by atoms with E-state index in [9.17, 15) is 19.2 Å². The second-order valence-electron chi connectivity index (χ2n) is 11.5. The lowest BCUT2D eigenvalue weighted by atomic mass is 10.0. The topological polar surface area (TPSA) is 131 Å². The van der Waals surface area contributed by atoms with Crippen LogP contribution >= 0.6 is 0 Å². The summed E-state index contributed by atoms with van der Waals surface area (Å²) in [6.45, 7) is 8.26. The predicted octanol–water partition coefficient (Wildman–Crippen LogP) is 4.84. The molecule has 2 aromatic carbocycles. The van der Waals surface area contributed by atoms with E-state index in [-0.39, 0.29) is 44.5 Å². The van der Waals surface area contributed by atoms with Gasteiger partial charge in [0, 0.05) is 18.8 Å². The largest absolute Gasteiger partial charge is 0.466 e. The van der Waals surface area contributed by atoms with E-state index in [4.69, 9.17) is 15.2 Å². The number of nitrogens with one attached hydrogen (secondary N) is 1. The highest BCUT2D eigenvalue weighted by atomic mass is 16.6. The van der Waals surface area contributed by atoms with E-state index >= 15 is 0 Å². The number of nitrogens with two attached hydrogens (primary N) is 1. The lowest BCUT2D eigenvalue weighted by molar-refractivity contribution is -0.143. The van der Waals surface area contributed by atoms with E-state index in [0.29, 0.717) is 23.5 Å². The minimum Gasteiger partial charge on any atom is -0.466 e. The molecular formula is C32H44N4O6. The van der Waals surface area contributed by atoms with Gasteiger partial charge in [0.2, 0.25) is 5.91 Å². The second-order valence-corrected chi connectivity index (χ2v) is 11.5. The fourth-order valence-electron chi connectivity index (χ4n) is 4.77. The Morgan fingerprint density at radius 3 is 2.48 bits per heavy atom. The number of fused-ring (bicyclic) bond motifs is 1. The zero-order chi connectivity index (χ0) is 30.7. The van der Waals surface area contributed by atoms with Gasteiger partial charge in [-0.1, -0.05) is 31.0 Å². The van der Waals surface area contributed by atoms with Crippen LogP contribution in [0.5, 0.6) is 0 Å². The van der Waals surface area contributed by atoms with E-state index < -0.39 is 17.7 Å². The first kappa shape index (κ1) is 32.4. The number of hydrogen-bond donors (Lipinski definition) is 2. The quantitative estimate of drug-likeness (QED) is 0.197. The minimum absolute atomic E-state index is 0.0138. The van der Waals surface area contributed by atoms with Gasteiger partial charge in [-0.05, 0) is 82.3 Å². The first-order valence-electron chi connectivity index (χ1n) is 14.7. The molecule has 3 amide bonds. The second kappa shape index (κ2) is 15.2. The van der Waals surface area contributed by atoms with Crippen LogP contribution in [0.3, 0.4) is 0 Å². The standard InChI is InChI=1S/C32H44N4O6/c1-5-41-29(38)16-18-35-22-28(37)36(21-24-12-10-13-25(33)19-24)27-15-14-23(20-26(27)30(35)39)11-8-6-7-9-17-34-31(40)42-32(2,3)4/h10,12-15,19-20H,5-9,11,16-18,21-22,33H2,1-4H3,(H,34,40). The number of carbonyl (C=O) groups excluding carboxylic acids is 4. The Labute approximate surface area is 248 Å². The van der Waals surface area contributed by atoms with Crippen molar-refractivity contribution in [2.24, 2.45) is 0 Å². The molecule has 10 nitrogen and oxygen atoms in total. The van der Waals surface area contributed by atoms with E-state index in [1.54, 1.807) is 17.9 Å². The highest BCUT2D eigenvalue weighted by Crippen LogP contribution is 2.29. The number of unbranched alkanes of at least 4 members (excludes halogenated alkanes) is 3. The molecule has 3 N–H and O–H groups in total. The summed E-state index contributed by atoms with van der Waals surface area (Å²) < 4.78 is 10.3. The van der Waals surface area contributed by atoms with Crippen LogP contribution in [0.4, 0.5) is 16.2 Å². The van der Waals surface area contributed by atoms with Gasteiger partial charge >= 0.3 is 12.1 Å². The zero-order valence-electron chi connectivity index (χ0n) is 25.2. The summed E-state index contributed by atoms with van der Waals surface area (Å²) in [6.07, 6.45) is 4.05. The first-order chi connectivity index (χ1) is 20.0. The zero-order valence-corrected chi connectivity index (χ0v) is 25.2. The van der Waals surface area contributed by atoms with Crippen molar-refractivity contribution in [1.29, 1.82) is 0 Å². The van der Waals surface area contributed by atoms with Gasteiger partial charge in [0.25, 0.3) is 5.91 Å². The Balaban J connectivity index is 1.67. The number of ether oxygens (including phenoxy) is 2. The molecule has 1 aliphatic rings. The molecule has 2 aromatic rings. The number of hydrogen-bond acceptors (Lipinski definition) is 7. The van der Waals surface area contributed by atoms with E-state index in [1.807, 2.05) is 57.2 Å². The Morgan fingerprint density at radius 1 is 1.00 bits per heavy atom. The number of nitrogens with zero attached hydrogens (tertiary/aromatic N) is 2. The van der Waals surface area contributed by atoms with Gasteiger partial charge in [-0.25, -0.2) is 4.79 Å². The van der Waals surface area contributed by atoms with Crippen LogP contribution in [0.15, 0.2) is 42.5 Å². The highest BCUT2D eigenvalue weighted by molar-refractivity contribution is 6.09. The average Bonchev–Trinajstić information content (AvgIpc) is 3.01. The van der Waals surface area contributed by atoms with Gasteiger partial charge in [-0.15, -0.1) is 0 Å². The summed E-state index contributed by atoms with van der Waals surface area (Å²) in [7, 11) is 0. The molecule has 0 atom stereocenters. The molecule has 0 saturated carbocycles. The first-order valence-corrected chi connectivity index (χ1v) is 14.7. The Hall–Kier alpha value is -4.08. The lowest BCUT2D eigenvalue weighted by Crippen LogP contribution is -2.40. The average molecular weight is 581 g/mol. The number of nitrogen functional groups attached to an aromatic ring is 1. The molecule has 0 unspecified atom stereocenters. The maximum atomic E-state index is 13.7. The lowest BCUT2D eigenvalue weighted by Gasteiger charge is -2.23. The van der Waals surface area contributed by atoms with Crippen LogP contribution < -0.4 is 16.0 Å². The number of esters is 1. The summed E-state index contributed by atoms with van der Waals surface area (Å²) in [5, 5.41) is 2.78.